The number of nitrogens with zero attached hydrogens (tertiary/aromatic N) is 4. The predicted molar refractivity (Wildman–Crippen MR) is 114 cm³/mol. The first-order chi connectivity index (χ1) is 14.5. The molecule has 1 aromatic carbocycles. The van der Waals surface area contributed by atoms with E-state index in [2.05, 4.69) is 15.1 Å². The molecule has 7 nitrogen and oxygen atoms in total. The molecule has 0 radical (unpaired) electrons. The van der Waals surface area contributed by atoms with Gasteiger partial charge in [0.2, 0.25) is 0 Å². The molecule has 0 saturated heterocycles. The molecule has 3 heterocycles. The number of anilines is 1. The number of hydrogen-bond donors (Lipinski definition) is 2. The van der Waals surface area contributed by atoms with Gasteiger partial charge in [-0.3, -0.25) is 4.99 Å². The molecular weight excluding hydrogens is 383 g/mol. The van der Waals surface area contributed by atoms with Gasteiger partial charge >= 0.3 is 0 Å². The smallest absolute Gasteiger partial charge is 0.166 e. The number of ether oxygens (including phenoxy) is 1. The molecule has 3 aromatic rings. The Bertz CT molecular complexity index is 1150. The van der Waals surface area contributed by atoms with E-state index >= 15 is 0 Å². The van der Waals surface area contributed by atoms with Crippen LogP contribution in [0.5, 0.6) is 5.75 Å². The van der Waals surface area contributed by atoms with Crippen LogP contribution >= 0.6 is 0 Å². The number of benzene rings is 1. The number of fused-ring (bicyclic) bond motifs is 5. The van der Waals surface area contributed by atoms with Gasteiger partial charge in [-0.1, -0.05) is 0 Å². The van der Waals surface area contributed by atoms with Gasteiger partial charge in [-0.05, 0) is 56.0 Å². The van der Waals surface area contributed by atoms with Crippen LogP contribution in [0.2, 0.25) is 0 Å². The first-order valence-corrected chi connectivity index (χ1v) is 9.72. The summed E-state index contributed by atoms with van der Waals surface area (Å²) in [6, 6.07) is 8.26. The lowest BCUT2D eigenvalue weighted by molar-refractivity contribution is 0.226. The maximum Gasteiger partial charge on any atom is 0.166 e. The van der Waals surface area contributed by atoms with E-state index in [9.17, 15) is 4.39 Å². The standard InChI is InChI=1S/C22H23FN6O/c1-3-26-21-14(11-24)8-17-6-7-28-29(17)19-5-4-16(23)10-18(19)13(2)30-20-9-15(21)12-27-22(20)25/h4-7,9-13H,3,8,24H2,1-2H3,(H2,25,27)/t13-/m1/s1. The van der Waals surface area contributed by atoms with Crippen LogP contribution in [-0.4, -0.2) is 27.0 Å². The van der Waals surface area contributed by atoms with Crippen LogP contribution in [-0.2, 0) is 6.42 Å². The summed E-state index contributed by atoms with van der Waals surface area (Å²) in [4.78, 5) is 8.94. The lowest BCUT2D eigenvalue weighted by Gasteiger charge is -2.22. The van der Waals surface area contributed by atoms with Crippen LogP contribution in [0.4, 0.5) is 10.2 Å². The largest absolute Gasteiger partial charge is 0.482 e. The van der Waals surface area contributed by atoms with Gasteiger partial charge in [0.15, 0.2) is 11.6 Å². The molecule has 0 amide bonds. The highest BCUT2D eigenvalue weighted by Gasteiger charge is 2.22. The van der Waals surface area contributed by atoms with E-state index in [-0.39, 0.29) is 11.6 Å². The summed E-state index contributed by atoms with van der Waals surface area (Å²) in [7, 11) is 0. The highest BCUT2D eigenvalue weighted by molar-refractivity contribution is 6.13. The molecular formula is C22H23FN6O. The number of nitrogens with two attached hydrogens (primary N) is 2. The summed E-state index contributed by atoms with van der Waals surface area (Å²) in [5, 5.41) is 4.47. The Morgan fingerprint density at radius 2 is 2.17 bits per heavy atom. The summed E-state index contributed by atoms with van der Waals surface area (Å²) in [5.41, 5.74) is 16.6. The van der Waals surface area contributed by atoms with E-state index in [1.54, 1.807) is 35.4 Å². The van der Waals surface area contributed by atoms with E-state index < -0.39 is 6.10 Å². The zero-order valence-electron chi connectivity index (χ0n) is 16.8. The predicted octanol–water partition coefficient (Wildman–Crippen LogP) is 3.34. The molecule has 2 bridgehead atoms. The van der Waals surface area contributed by atoms with Crippen molar-refractivity contribution in [2.75, 3.05) is 12.3 Å². The van der Waals surface area contributed by atoms with Crippen LogP contribution in [0, 0.1) is 5.82 Å². The van der Waals surface area contributed by atoms with Crippen molar-refractivity contribution in [3.63, 3.8) is 0 Å². The number of hydrogen-bond acceptors (Lipinski definition) is 6. The lowest BCUT2D eigenvalue weighted by Crippen LogP contribution is -2.17. The monoisotopic (exact) mass is 406 g/mol. The van der Waals surface area contributed by atoms with Gasteiger partial charge in [0.1, 0.15) is 11.9 Å². The highest BCUT2D eigenvalue weighted by atomic mass is 19.1. The minimum absolute atomic E-state index is 0.245. The van der Waals surface area contributed by atoms with E-state index in [4.69, 9.17) is 16.2 Å². The van der Waals surface area contributed by atoms with Gasteiger partial charge < -0.3 is 16.2 Å². The molecule has 2 aromatic heterocycles. The van der Waals surface area contributed by atoms with E-state index in [1.165, 1.54) is 12.1 Å². The van der Waals surface area contributed by atoms with Crippen LogP contribution in [0.3, 0.4) is 0 Å². The molecule has 4 N–H and O–H groups in total. The van der Waals surface area contributed by atoms with Gasteiger partial charge in [0.05, 0.1) is 11.4 Å². The molecule has 0 aliphatic carbocycles. The molecule has 1 atom stereocenters. The van der Waals surface area contributed by atoms with Crippen LogP contribution < -0.4 is 16.2 Å². The fourth-order valence-electron chi connectivity index (χ4n) is 3.61. The zero-order chi connectivity index (χ0) is 21.3. The third-order valence-corrected chi connectivity index (χ3v) is 5.03. The fourth-order valence-corrected chi connectivity index (χ4v) is 3.61. The Morgan fingerprint density at radius 1 is 1.33 bits per heavy atom. The molecule has 0 saturated carbocycles. The number of aromatic nitrogens is 3. The molecule has 0 fully saturated rings. The van der Waals surface area contributed by atoms with Crippen LogP contribution in [0.1, 0.15) is 36.8 Å². The summed E-state index contributed by atoms with van der Waals surface area (Å²) < 4.78 is 22.0. The topological polar surface area (TPSA) is 104 Å². The molecule has 1 aliphatic heterocycles. The minimum atomic E-state index is -0.498. The fraction of sp³-hybridized carbons (Fsp3) is 0.227. The van der Waals surface area contributed by atoms with Gasteiger partial charge in [-0.2, -0.15) is 5.10 Å². The summed E-state index contributed by atoms with van der Waals surface area (Å²) in [5.74, 6) is 0.288. The lowest BCUT2D eigenvalue weighted by atomic mass is 9.99. The maximum atomic E-state index is 14.1. The first-order valence-electron chi connectivity index (χ1n) is 9.72. The van der Waals surface area contributed by atoms with Gasteiger partial charge in [0, 0.05) is 42.2 Å². The molecule has 0 unspecified atom stereocenters. The number of pyridine rings is 1. The van der Waals surface area contributed by atoms with Crippen molar-refractivity contribution in [1.29, 1.82) is 0 Å². The van der Waals surface area contributed by atoms with Crippen molar-refractivity contribution in [3.05, 3.63) is 77.1 Å². The zero-order valence-corrected chi connectivity index (χ0v) is 16.8. The van der Waals surface area contributed by atoms with Crippen molar-refractivity contribution in [2.24, 2.45) is 10.7 Å². The summed E-state index contributed by atoms with van der Waals surface area (Å²) in [6.07, 6.45) is 4.89. The molecule has 154 valence electrons. The van der Waals surface area contributed by atoms with E-state index in [0.29, 0.717) is 24.3 Å². The number of rotatable bonds is 1. The Balaban J connectivity index is 1.98. The number of aliphatic imine (C=N–C) groups is 1. The quantitative estimate of drug-likeness (QED) is 0.645. The van der Waals surface area contributed by atoms with E-state index in [1.807, 2.05) is 19.9 Å². The Morgan fingerprint density at radius 3 is 2.93 bits per heavy atom. The van der Waals surface area contributed by atoms with Crippen molar-refractivity contribution in [3.8, 4) is 11.4 Å². The average Bonchev–Trinajstić information content (AvgIpc) is 3.19. The number of halogens is 1. The first kappa shape index (κ1) is 19.6. The second-order valence-corrected chi connectivity index (χ2v) is 7.00. The van der Waals surface area contributed by atoms with Crippen LogP contribution in [0.15, 0.2) is 59.5 Å². The summed E-state index contributed by atoms with van der Waals surface area (Å²) >= 11 is 0. The Labute approximate surface area is 173 Å². The SMILES string of the molecule is CCN=C1C(=CN)Cc2ccnn2-c2ccc(F)cc2[C@@H](C)Oc2cc1cnc2N. The molecule has 30 heavy (non-hydrogen) atoms. The van der Waals surface area contributed by atoms with Gasteiger partial charge in [-0.25, -0.2) is 14.1 Å². The van der Waals surface area contributed by atoms with Crippen molar-refractivity contribution >= 4 is 11.5 Å². The summed E-state index contributed by atoms with van der Waals surface area (Å²) in [6.45, 7) is 4.37. The third-order valence-electron chi connectivity index (χ3n) is 5.03. The molecule has 4 rings (SSSR count). The molecule has 0 spiro atoms. The van der Waals surface area contributed by atoms with E-state index in [0.717, 1.165) is 28.2 Å². The third kappa shape index (κ3) is 3.52. The molecule has 1 aliphatic rings. The second kappa shape index (κ2) is 7.98. The van der Waals surface area contributed by atoms with Gasteiger partial charge in [-0.15, -0.1) is 0 Å². The van der Waals surface area contributed by atoms with Crippen molar-refractivity contribution < 1.29 is 9.13 Å². The van der Waals surface area contributed by atoms with Crippen LogP contribution in [0.25, 0.3) is 5.69 Å². The van der Waals surface area contributed by atoms with Crippen molar-refractivity contribution in [1.82, 2.24) is 14.8 Å². The minimum Gasteiger partial charge on any atom is -0.482 e. The number of nitrogen functional groups attached to an aromatic ring is 1. The normalized spacial score (nSPS) is 18.8. The maximum absolute atomic E-state index is 14.1. The number of allylic oxidation sites excluding steroid dienone is 1. The highest BCUT2D eigenvalue weighted by Crippen LogP contribution is 2.32. The Kier molecular flexibility index (Phi) is 5.22. The average molecular weight is 406 g/mol. The van der Waals surface area contributed by atoms with Crippen molar-refractivity contribution in [2.45, 2.75) is 26.4 Å². The Hall–Kier alpha value is -3.68. The second-order valence-electron chi connectivity index (χ2n) is 7.00. The molecule has 8 heteroatoms. The van der Waals surface area contributed by atoms with Gasteiger partial charge in [0.25, 0.3) is 0 Å².